The molecule has 1 aromatic rings. The van der Waals surface area contributed by atoms with Gasteiger partial charge >= 0.3 is 0 Å². The van der Waals surface area contributed by atoms with E-state index in [9.17, 15) is 0 Å². The summed E-state index contributed by atoms with van der Waals surface area (Å²) in [6.45, 7) is 9.48. The van der Waals surface area contributed by atoms with E-state index in [-0.39, 0.29) is 6.10 Å². The maximum absolute atomic E-state index is 6.10. The molecule has 0 fully saturated rings. The Kier molecular flexibility index (Phi) is 7.25. The lowest BCUT2D eigenvalue weighted by atomic mass is 10.1. The third kappa shape index (κ3) is 5.84. The van der Waals surface area contributed by atoms with Gasteiger partial charge in [-0.1, -0.05) is 31.9 Å². The van der Waals surface area contributed by atoms with E-state index in [0.29, 0.717) is 6.04 Å². The Hall–Kier alpha value is -0.730. The van der Waals surface area contributed by atoms with Crippen LogP contribution in [0, 0.1) is 0 Å². The standard InChI is InChI=1S/C16H26ClNO/c1-5-7-12(3)18-11-13(4)19-15-8-9-16(17)14(6-2)10-15/h8-10,12-13,18H,5-7,11H2,1-4H3. The van der Waals surface area contributed by atoms with Gasteiger partial charge in [0.05, 0.1) is 0 Å². The molecule has 108 valence electrons. The molecule has 0 aliphatic rings. The molecule has 1 aromatic carbocycles. The second-order valence-corrected chi connectivity index (χ2v) is 5.54. The van der Waals surface area contributed by atoms with Crippen LogP contribution in [0.25, 0.3) is 0 Å². The lowest BCUT2D eigenvalue weighted by molar-refractivity contribution is 0.211. The minimum absolute atomic E-state index is 0.158. The molecular weight excluding hydrogens is 258 g/mol. The van der Waals surface area contributed by atoms with Gasteiger partial charge in [0.25, 0.3) is 0 Å². The molecule has 1 rings (SSSR count). The van der Waals surface area contributed by atoms with Crippen molar-refractivity contribution in [3.63, 3.8) is 0 Å². The molecule has 0 saturated carbocycles. The molecule has 0 aliphatic heterocycles. The molecule has 0 spiro atoms. The molecule has 19 heavy (non-hydrogen) atoms. The summed E-state index contributed by atoms with van der Waals surface area (Å²) in [5.74, 6) is 0.902. The van der Waals surface area contributed by atoms with Gasteiger partial charge < -0.3 is 10.1 Å². The van der Waals surface area contributed by atoms with Crippen LogP contribution in [-0.2, 0) is 6.42 Å². The molecule has 3 heteroatoms. The first-order valence-electron chi connectivity index (χ1n) is 7.25. The molecule has 0 aromatic heterocycles. The van der Waals surface area contributed by atoms with Crippen LogP contribution >= 0.6 is 11.6 Å². The molecule has 2 nitrogen and oxygen atoms in total. The number of benzene rings is 1. The Balaban J connectivity index is 2.45. The van der Waals surface area contributed by atoms with Gasteiger partial charge in [0.1, 0.15) is 11.9 Å². The fourth-order valence-corrected chi connectivity index (χ4v) is 2.32. The first kappa shape index (κ1) is 16.3. The molecule has 0 radical (unpaired) electrons. The van der Waals surface area contributed by atoms with Crippen molar-refractivity contribution in [3.05, 3.63) is 28.8 Å². The Bertz CT molecular complexity index is 381. The van der Waals surface area contributed by atoms with E-state index < -0.39 is 0 Å². The zero-order valence-electron chi connectivity index (χ0n) is 12.5. The van der Waals surface area contributed by atoms with E-state index >= 15 is 0 Å². The smallest absolute Gasteiger partial charge is 0.120 e. The van der Waals surface area contributed by atoms with Crippen LogP contribution in [0.3, 0.4) is 0 Å². The first-order valence-corrected chi connectivity index (χ1v) is 7.63. The molecule has 2 unspecified atom stereocenters. The van der Waals surface area contributed by atoms with Crippen LogP contribution in [0.2, 0.25) is 5.02 Å². The van der Waals surface area contributed by atoms with Crippen LogP contribution in [0.5, 0.6) is 5.75 Å². The lowest BCUT2D eigenvalue weighted by Gasteiger charge is -2.19. The Morgan fingerprint density at radius 3 is 2.63 bits per heavy atom. The fraction of sp³-hybridized carbons (Fsp3) is 0.625. The molecule has 0 amide bonds. The van der Waals surface area contributed by atoms with E-state index in [1.165, 1.54) is 12.8 Å². The summed E-state index contributed by atoms with van der Waals surface area (Å²) in [6.07, 6.45) is 3.50. The van der Waals surface area contributed by atoms with Gasteiger partial charge in [-0.05, 0) is 50.5 Å². The lowest BCUT2D eigenvalue weighted by Crippen LogP contribution is -2.34. The third-order valence-corrected chi connectivity index (χ3v) is 3.58. The molecule has 0 heterocycles. The third-order valence-electron chi connectivity index (χ3n) is 3.21. The average Bonchev–Trinajstić information content (AvgIpc) is 2.39. The summed E-state index contributed by atoms with van der Waals surface area (Å²) >= 11 is 6.10. The zero-order chi connectivity index (χ0) is 14.3. The van der Waals surface area contributed by atoms with Gasteiger partial charge in [-0.25, -0.2) is 0 Å². The topological polar surface area (TPSA) is 21.3 Å². The quantitative estimate of drug-likeness (QED) is 0.761. The highest BCUT2D eigenvalue weighted by Crippen LogP contribution is 2.23. The number of ether oxygens (including phenoxy) is 1. The van der Waals surface area contributed by atoms with Crippen molar-refractivity contribution in [1.82, 2.24) is 5.32 Å². The maximum atomic E-state index is 6.10. The van der Waals surface area contributed by atoms with Crippen molar-refractivity contribution < 1.29 is 4.74 Å². The molecule has 0 bridgehead atoms. The second kappa shape index (κ2) is 8.44. The van der Waals surface area contributed by atoms with Crippen molar-refractivity contribution in [2.45, 2.75) is 59.1 Å². The van der Waals surface area contributed by atoms with E-state index in [1.54, 1.807) is 0 Å². The Morgan fingerprint density at radius 2 is 2.00 bits per heavy atom. The van der Waals surface area contributed by atoms with Crippen LogP contribution in [-0.4, -0.2) is 18.7 Å². The van der Waals surface area contributed by atoms with Crippen molar-refractivity contribution in [1.29, 1.82) is 0 Å². The molecule has 0 aliphatic carbocycles. The summed E-state index contributed by atoms with van der Waals surface area (Å²) in [5.41, 5.74) is 1.14. The van der Waals surface area contributed by atoms with Crippen LogP contribution in [0.15, 0.2) is 18.2 Å². The summed E-state index contributed by atoms with van der Waals surface area (Å²) in [6, 6.07) is 6.43. The highest BCUT2D eigenvalue weighted by Gasteiger charge is 2.08. The highest BCUT2D eigenvalue weighted by molar-refractivity contribution is 6.31. The maximum Gasteiger partial charge on any atom is 0.120 e. The van der Waals surface area contributed by atoms with Gasteiger partial charge in [0.15, 0.2) is 0 Å². The van der Waals surface area contributed by atoms with E-state index in [4.69, 9.17) is 16.3 Å². The average molecular weight is 284 g/mol. The predicted octanol–water partition coefficient (Wildman–Crippen LogP) is 4.45. The van der Waals surface area contributed by atoms with Crippen LogP contribution in [0.1, 0.15) is 46.1 Å². The molecular formula is C16H26ClNO. The van der Waals surface area contributed by atoms with Gasteiger partial charge in [-0.2, -0.15) is 0 Å². The monoisotopic (exact) mass is 283 g/mol. The first-order chi connectivity index (χ1) is 9.06. The van der Waals surface area contributed by atoms with Crippen molar-refractivity contribution in [2.24, 2.45) is 0 Å². The number of hydrogen-bond acceptors (Lipinski definition) is 2. The molecule has 2 atom stereocenters. The van der Waals surface area contributed by atoms with Gasteiger partial charge in [0, 0.05) is 17.6 Å². The number of aryl methyl sites for hydroxylation is 1. The molecule has 1 N–H and O–H groups in total. The zero-order valence-corrected chi connectivity index (χ0v) is 13.3. The summed E-state index contributed by atoms with van der Waals surface area (Å²) < 4.78 is 5.92. The predicted molar refractivity (Wildman–Crippen MR) is 83.3 cm³/mol. The minimum Gasteiger partial charge on any atom is -0.489 e. The number of hydrogen-bond donors (Lipinski definition) is 1. The van der Waals surface area contributed by atoms with E-state index in [0.717, 1.165) is 29.3 Å². The van der Waals surface area contributed by atoms with Crippen molar-refractivity contribution >= 4 is 11.6 Å². The fourth-order valence-electron chi connectivity index (χ4n) is 2.07. The highest BCUT2D eigenvalue weighted by atomic mass is 35.5. The summed E-state index contributed by atoms with van der Waals surface area (Å²) in [7, 11) is 0. The van der Waals surface area contributed by atoms with Gasteiger partial charge in [-0.3, -0.25) is 0 Å². The van der Waals surface area contributed by atoms with E-state index in [2.05, 4.69) is 33.0 Å². The Labute approximate surface area is 122 Å². The van der Waals surface area contributed by atoms with Gasteiger partial charge in [-0.15, -0.1) is 0 Å². The van der Waals surface area contributed by atoms with Crippen LogP contribution < -0.4 is 10.1 Å². The largest absolute Gasteiger partial charge is 0.489 e. The van der Waals surface area contributed by atoms with Crippen molar-refractivity contribution in [2.75, 3.05) is 6.54 Å². The van der Waals surface area contributed by atoms with E-state index in [1.807, 2.05) is 18.2 Å². The number of rotatable bonds is 8. The second-order valence-electron chi connectivity index (χ2n) is 5.13. The van der Waals surface area contributed by atoms with Crippen LogP contribution in [0.4, 0.5) is 0 Å². The van der Waals surface area contributed by atoms with Gasteiger partial charge in [0.2, 0.25) is 0 Å². The minimum atomic E-state index is 0.158. The SMILES string of the molecule is CCCC(C)NCC(C)Oc1ccc(Cl)c(CC)c1. The molecule has 0 saturated heterocycles. The summed E-state index contributed by atoms with van der Waals surface area (Å²) in [5, 5.41) is 4.31. The van der Waals surface area contributed by atoms with Crippen molar-refractivity contribution in [3.8, 4) is 5.75 Å². The normalized spacial score (nSPS) is 14.2. The summed E-state index contributed by atoms with van der Waals surface area (Å²) in [4.78, 5) is 0. The number of nitrogens with one attached hydrogen (secondary N) is 1. The Morgan fingerprint density at radius 1 is 1.26 bits per heavy atom. The number of halogens is 1.